The number of hydrogen-bond donors (Lipinski definition) is 0. The van der Waals surface area contributed by atoms with Crippen LogP contribution in [0.3, 0.4) is 0 Å². The first-order chi connectivity index (χ1) is 6.69. The second-order valence-corrected chi connectivity index (χ2v) is 2.69. The van der Waals surface area contributed by atoms with Crippen LogP contribution in [0.1, 0.15) is 5.56 Å². The van der Waals surface area contributed by atoms with Crippen molar-refractivity contribution in [2.75, 3.05) is 14.2 Å². The monoisotopic (exact) mass is 197 g/mol. The summed E-state index contributed by atoms with van der Waals surface area (Å²) in [5.74, 6) is 0.595. The van der Waals surface area contributed by atoms with Crippen LogP contribution in [0.15, 0.2) is 18.2 Å². The quantitative estimate of drug-likeness (QED) is 0.545. The van der Waals surface area contributed by atoms with Crippen LogP contribution < -0.4 is 4.74 Å². The zero-order chi connectivity index (χ0) is 10.6. The normalized spacial score (nSPS) is 9.86. The van der Waals surface area contributed by atoms with E-state index in [1.165, 1.54) is 26.4 Å². The molecule has 0 bridgehead atoms. The van der Waals surface area contributed by atoms with E-state index in [9.17, 15) is 10.1 Å². The highest BCUT2D eigenvalue weighted by Crippen LogP contribution is 2.24. The van der Waals surface area contributed by atoms with Crippen molar-refractivity contribution in [2.45, 2.75) is 6.61 Å². The summed E-state index contributed by atoms with van der Waals surface area (Å²) in [4.78, 5) is 10.0. The highest BCUT2D eigenvalue weighted by Gasteiger charge is 2.10. The number of methoxy groups -OCH3 is 2. The van der Waals surface area contributed by atoms with E-state index in [0.717, 1.165) is 0 Å². The Morgan fingerprint density at radius 1 is 1.43 bits per heavy atom. The molecule has 0 amide bonds. The topological polar surface area (TPSA) is 61.6 Å². The lowest BCUT2D eigenvalue weighted by Crippen LogP contribution is -1.96. The fraction of sp³-hybridized carbons (Fsp3) is 0.333. The molecule has 1 rings (SSSR count). The Balaban J connectivity index is 3.07. The fourth-order valence-electron chi connectivity index (χ4n) is 1.15. The first-order valence-electron chi connectivity index (χ1n) is 3.99. The van der Waals surface area contributed by atoms with Crippen LogP contribution in [-0.4, -0.2) is 19.1 Å². The molecule has 14 heavy (non-hydrogen) atoms. The maximum Gasteiger partial charge on any atom is 0.270 e. The number of hydrogen-bond acceptors (Lipinski definition) is 4. The van der Waals surface area contributed by atoms with Gasteiger partial charge in [-0.25, -0.2) is 0 Å². The van der Waals surface area contributed by atoms with Crippen LogP contribution in [0, 0.1) is 10.1 Å². The third-order valence-electron chi connectivity index (χ3n) is 1.77. The maximum atomic E-state index is 10.5. The number of nitro groups is 1. The lowest BCUT2D eigenvalue weighted by atomic mass is 10.2. The number of rotatable bonds is 4. The molecule has 0 heterocycles. The second-order valence-electron chi connectivity index (χ2n) is 2.69. The zero-order valence-corrected chi connectivity index (χ0v) is 8.02. The van der Waals surface area contributed by atoms with Crippen LogP contribution in [0.25, 0.3) is 0 Å². The summed E-state index contributed by atoms with van der Waals surface area (Å²) in [6, 6.07) is 4.41. The smallest absolute Gasteiger partial charge is 0.270 e. The Hall–Kier alpha value is -1.62. The van der Waals surface area contributed by atoms with E-state index in [4.69, 9.17) is 9.47 Å². The molecule has 0 saturated heterocycles. The van der Waals surface area contributed by atoms with Crippen molar-refractivity contribution in [1.82, 2.24) is 0 Å². The van der Waals surface area contributed by atoms with Crippen molar-refractivity contribution in [2.24, 2.45) is 0 Å². The van der Waals surface area contributed by atoms with E-state index in [2.05, 4.69) is 0 Å². The Morgan fingerprint density at radius 3 is 2.64 bits per heavy atom. The predicted octanol–water partition coefficient (Wildman–Crippen LogP) is 1.75. The summed E-state index contributed by atoms with van der Waals surface area (Å²) in [6.45, 7) is 0.296. The Kier molecular flexibility index (Phi) is 3.41. The average molecular weight is 197 g/mol. The van der Waals surface area contributed by atoms with Crippen LogP contribution >= 0.6 is 0 Å². The lowest BCUT2D eigenvalue weighted by molar-refractivity contribution is -0.385. The largest absolute Gasteiger partial charge is 0.496 e. The zero-order valence-electron chi connectivity index (χ0n) is 8.02. The van der Waals surface area contributed by atoms with Gasteiger partial charge in [0.2, 0.25) is 0 Å². The van der Waals surface area contributed by atoms with E-state index < -0.39 is 4.92 Å². The molecule has 5 heteroatoms. The number of benzene rings is 1. The van der Waals surface area contributed by atoms with Crippen molar-refractivity contribution < 1.29 is 14.4 Å². The van der Waals surface area contributed by atoms with Crippen LogP contribution in [0.5, 0.6) is 5.75 Å². The standard InChI is InChI=1S/C9H11NO4/c1-13-6-7-5-8(10(11)12)3-4-9(7)14-2/h3-5H,6H2,1-2H3. The SMILES string of the molecule is COCc1cc([N+](=O)[O-])ccc1OC. The molecule has 0 fully saturated rings. The highest BCUT2D eigenvalue weighted by molar-refractivity contribution is 5.43. The molecule has 0 spiro atoms. The van der Waals surface area contributed by atoms with Gasteiger partial charge in [-0.3, -0.25) is 10.1 Å². The van der Waals surface area contributed by atoms with Gasteiger partial charge in [0.1, 0.15) is 5.75 Å². The minimum atomic E-state index is -0.446. The molecule has 76 valence electrons. The van der Waals surface area contributed by atoms with Gasteiger partial charge in [-0.05, 0) is 6.07 Å². The van der Waals surface area contributed by atoms with Crippen molar-refractivity contribution in [1.29, 1.82) is 0 Å². The van der Waals surface area contributed by atoms with Crippen molar-refractivity contribution in [3.05, 3.63) is 33.9 Å². The van der Waals surface area contributed by atoms with Crippen LogP contribution in [0.4, 0.5) is 5.69 Å². The van der Waals surface area contributed by atoms with Crippen molar-refractivity contribution in [3.63, 3.8) is 0 Å². The predicted molar refractivity (Wildman–Crippen MR) is 50.4 cm³/mol. The second kappa shape index (κ2) is 4.57. The molecule has 5 nitrogen and oxygen atoms in total. The van der Waals surface area contributed by atoms with Gasteiger partial charge in [-0.15, -0.1) is 0 Å². The Labute approximate surface area is 81.4 Å². The van der Waals surface area contributed by atoms with Gasteiger partial charge in [0.25, 0.3) is 5.69 Å². The molecule has 1 aromatic carbocycles. The van der Waals surface area contributed by atoms with Gasteiger partial charge in [-0.1, -0.05) is 0 Å². The number of ether oxygens (including phenoxy) is 2. The van der Waals surface area contributed by atoms with E-state index in [-0.39, 0.29) is 5.69 Å². The van der Waals surface area contributed by atoms with Gasteiger partial charge < -0.3 is 9.47 Å². The lowest BCUT2D eigenvalue weighted by Gasteiger charge is -2.06. The molecular weight excluding hydrogens is 186 g/mol. The van der Waals surface area contributed by atoms with Gasteiger partial charge in [0.05, 0.1) is 18.6 Å². The summed E-state index contributed by atoms with van der Waals surface area (Å²) in [7, 11) is 3.04. The first kappa shape index (κ1) is 10.5. The van der Waals surface area contributed by atoms with E-state index in [1.807, 2.05) is 0 Å². The van der Waals surface area contributed by atoms with E-state index in [0.29, 0.717) is 17.9 Å². The molecule has 0 aliphatic rings. The number of non-ortho nitro benzene ring substituents is 1. The van der Waals surface area contributed by atoms with Crippen LogP contribution in [0.2, 0.25) is 0 Å². The molecular formula is C9H11NO4. The highest BCUT2D eigenvalue weighted by atomic mass is 16.6. The summed E-state index contributed by atoms with van der Waals surface area (Å²) in [5, 5.41) is 10.5. The summed E-state index contributed by atoms with van der Waals surface area (Å²) >= 11 is 0. The van der Waals surface area contributed by atoms with Gasteiger partial charge >= 0.3 is 0 Å². The summed E-state index contributed by atoms with van der Waals surface area (Å²) in [6.07, 6.45) is 0. The molecule has 1 aromatic rings. The molecule has 0 unspecified atom stereocenters. The minimum absolute atomic E-state index is 0.0397. The Bertz CT molecular complexity index is 338. The third kappa shape index (κ3) is 2.20. The first-order valence-corrected chi connectivity index (χ1v) is 3.99. The van der Waals surface area contributed by atoms with E-state index >= 15 is 0 Å². The molecule has 0 radical (unpaired) electrons. The molecule has 0 aromatic heterocycles. The fourth-order valence-corrected chi connectivity index (χ4v) is 1.15. The average Bonchev–Trinajstić information content (AvgIpc) is 2.18. The minimum Gasteiger partial charge on any atom is -0.496 e. The van der Waals surface area contributed by atoms with Gasteiger partial charge in [0.15, 0.2) is 0 Å². The molecule has 0 aliphatic heterocycles. The van der Waals surface area contributed by atoms with Gasteiger partial charge in [-0.2, -0.15) is 0 Å². The third-order valence-corrected chi connectivity index (χ3v) is 1.77. The number of nitro benzene ring substituents is 1. The van der Waals surface area contributed by atoms with E-state index in [1.54, 1.807) is 6.07 Å². The van der Waals surface area contributed by atoms with Crippen molar-refractivity contribution >= 4 is 5.69 Å². The summed E-state index contributed by atoms with van der Waals surface area (Å²) in [5.41, 5.74) is 0.710. The van der Waals surface area contributed by atoms with Gasteiger partial charge in [0, 0.05) is 24.8 Å². The number of nitrogens with zero attached hydrogens (tertiary/aromatic N) is 1. The molecule has 0 atom stereocenters. The molecule has 0 saturated carbocycles. The maximum absolute atomic E-state index is 10.5. The molecule has 0 aliphatic carbocycles. The Morgan fingerprint density at radius 2 is 2.14 bits per heavy atom. The van der Waals surface area contributed by atoms with Crippen LogP contribution in [-0.2, 0) is 11.3 Å². The van der Waals surface area contributed by atoms with Crippen molar-refractivity contribution in [3.8, 4) is 5.75 Å². The molecule has 0 N–H and O–H groups in total. The summed E-state index contributed by atoms with van der Waals surface area (Å²) < 4.78 is 9.93.